The van der Waals surface area contributed by atoms with Gasteiger partial charge >= 0.3 is 0 Å². The highest BCUT2D eigenvalue weighted by atomic mass is 16.5. The fraction of sp³-hybridized carbons (Fsp3) is 0.800. The van der Waals surface area contributed by atoms with Crippen LogP contribution in [0.25, 0.3) is 0 Å². The van der Waals surface area contributed by atoms with Gasteiger partial charge in [0.05, 0.1) is 17.8 Å². The number of likely N-dealkylation sites (N-methyl/N-ethyl adjacent to an activating group) is 7. The molecule has 516 valence electrons. The lowest BCUT2D eigenvalue weighted by Crippen LogP contribution is -2.64. The number of aliphatic hydroxyl groups excluding tert-OH is 1. The minimum atomic E-state index is -1.76. The molecular weight excluding hydrogens is 1160 g/mol. The molecule has 0 spiro atoms. The normalized spacial score (nSPS) is 27.1. The first kappa shape index (κ1) is 81.8. The Hall–Kier alpha value is -6.21. The predicted octanol–water partition coefficient (Wildman–Crippen LogP) is 3.14. The fourth-order valence-electron chi connectivity index (χ4n) is 11.1. The third kappa shape index (κ3) is 22.9. The van der Waals surface area contributed by atoms with Gasteiger partial charge in [0.1, 0.15) is 60.4 Å². The lowest BCUT2D eigenvalue weighted by atomic mass is 9.91. The molecule has 90 heavy (non-hydrogen) atoms. The Morgan fingerprint density at radius 1 is 0.489 bits per heavy atom. The van der Waals surface area contributed by atoms with Crippen LogP contribution < -0.4 is 21.3 Å². The first-order valence-electron chi connectivity index (χ1n) is 32.1. The second kappa shape index (κ2) is 36.1. The molecule has 25 heteroatoms. The zero-order valence-electron chi connectivity index (χ0n) is 59.3. The zero-order chi connectivity index (χ0) is 70.1. The maximum Gasteiger partial charge on any atom is 0.273 e. The first-order chi connectivity index (χ1) is 41.3. The van der Waals surface area contributed by atoms with Crippen molar-refractivity contribution in [1.82, 2.24) is 55.6 Å². The Morgan fingerprint density at radius 2 is 0.922 bits per heavy atom. The summed E-state index contributed by atoms with van der Waals surface area (Å²) in [6.07, 6.45) is -0.300. The lowest BCUT2D eigenvalue weighted by Gasteiger charge is -2.41. The summed E-state index contributed by atoms with van der Waals surface area (Å²) in [4.78, 5) is 171. The van der Waals surface area contributed by atoms with Gasteiger partial charge in [-0.25, -0.2) is 0 Å². The van der Waals surface area contributed by atoms with Crippen LogP contribution in [0.1, 0.15) is 170 Å². The van der Waals surface area contributed by atoms with E-state index in [1.54, 1.807) is 74.5 Å². The van der Waals surface area contributed by atoms with Gasteiger partial charge in [-0.3, -0.25) is 52.7 Å². The van der Waals surface area contributed by atoms with Gasteiger partial charge in [-0.1, -0.05) is 95.2 Å². The smallest absolute Gasteiger partial charge is 0.273 e. The molecule has 1 rings (SSSR count). The Morgan fingerprint density at radius 3 is 1.37 bits per heavy atom. The maximum absolute atomic E-state index is 15.3. The number of carbonyl (C=O) groups excluding carboxylic acids is 11. The van der Waals surface area contributed by atoms with Crippen LogP contribution in [0.15, 0.2) is 12.2 Å². The second-order valence-electron chi connectivity index (χ2n) is 27.7. The van der Waals surface area contributed by atoms with E-state index in [1.165, 1.54) is 96.6 Å². The molecule has 0 aromatic carbocycles. The van der Waals surface area contributed by atoms with E-state index >= 15 is 19.2 Å². The highest BCUT2D eigenvalue weighted by Gasteiger charge is 2.47. The lowest BCUT2D eigenvalue weighted by molar-refractivity contribution is -0.172. The molecule has 1 heterocycles. The standard InChI is InChI=1S/C65H117N11O14/c1-27-29-30-41(15)52(77)51-56(81)68-44(28-2)58(83)76(26)64(90-40(13)14)63(88)73(23)48(34-65(18,19)89)55(80)69-49(38(9)10)61(86)70(20)45(31-35(3)4)54(79)66-42(16)53(78)67-43(17)57(82)71(21)46(32-36(5)6)59(84)72(22)47(33-37(7)8)60(85)74(24)50(39(11)12)62(87)75(51)25/h27,29,35-52,64,77,89H,28,30-34H2,1-26H3,(H,66,79)(H,67,78)(H,68,81)(H,69,80)/b29-27+/t41-,42+,43-,44+,45+,46+,47+,48+,49+,50+,51+,52-,64?/m1/s1. The van der Waals surface area contributed by atoms with Gasteiger partial charge < -0.3 is 70.5 Å². The number of ether oxygens (including phenoxy) is 1. The summed E-state index contributed by atoms with van der Waals surface area (Å²) in [6, 6.07) is -13.3. The molecule has 0 saturated carbocycles. The van der Waals surface area contributed by atoms with Crippen molar-refractivity contribution in [2.45, 2.75) is 255 Å². The summed E-state index contributed by atoms with van der Waals surface area (Å²) >= 11 is 0. The molecule has 1 saturated heterocycles. The van der Waals surface area contributed by atoms with Gasteiger partial charge in [0.25, 0.3) is 5.91 Å². The number of rotatable bonds is 17. The number of carbonyl (C=O) groups is 11. The topological polar surface area (TPSA) is 308 Å². The number of amides is 11. The van der Waals surface area contributed by atoms with E-state index in [2.05, 4.69) is 21.3 Å². The first-order valence-corrected chi connectivity index (χ1v) is 32.1. The van der Waals surface area contributed by atoms with E-state index in [9.17, 15) is 43.8 Å². The van der Waals surface area contributed by atoms with E-state index < -0.39 is 167 Å². The Bertz CT molecular complexity index is 2480. The molecule has 1 aliphatic rings. The van der Waals surface area contributed by atoms with Crippen molar-refractivity contribution in [1.29, 1.82) is 0 Å². The summed E-state index contributed by atoms with van der Waals surface area (Å²) in [7, 11) is 9.57. The molecule has 0 radical (unpaired) electrons. The molecule has 1 unspecified atom stereocenters. The quantitative estimate of drug-likeness (QED) is 0.114. The summed E-state index contributed by atoms with van der Waals surface area (Å²) in [5, 5.41) is 34.3. The zero-order valence-corrected chi connectivity index (χ0v) is 59.3. The minimum absolute atomic E-state index is 0.0746. The van der Waals surface area contributed by atoms with Crippen molar-refractivity contribution in [2.24, 2.45) is 35.5 Å². The van der Waals surface area contributed by atoms with Crippen LogP contribution in [0, 0.1) is 35.5 Å². The van der Waals surface area contributed by atoms with Crippen molar-refractivity contribution in [3.05, 3.63) is 12.2 Å². The molecule has 0 aliphatic carbocycles. The molecule has 0 aromatic rings. The molecule has 6 N–H and O–H groups in total. The maximum atomic E-state index is 15.3. The van der Waals surface area contributed by atoms with Gasteiger partial charge in [0.2, 0.25) is 65.3 Å². The average molecular weight is 1280 g/mol. The van der Waals surface area contributed by atoms with Gasteiger partial charge in [0, 0.05) is 55.8 Å². The van der Waals surface area contributed by atoms with Crippen LogP contribution in [-0.4, -0.2) is 243 Å². The summed E-state index contributed by atoms with van der Waals surface area (Å²) in [5.41, 5.74) is -1.61. The van der Waals surface area contributed by atoms with Gasteiger partial charge in [-0.2, -0.15) is 0 Å². The van der Waals surface area contributed by atoms with E-state index in [4.69, 9.17) is 4.74 Å². The van der Waals surface area contributed by atoms with Crippen molar-refractivity contribution in [3.8, 4) is 0 Å². The Labute approximate surface area is 537 Å². The SMILES string of the molecule is C/C=C/C[C@@H](C)[C@@H](O)[C@H]1C(=O)N[C@@H](CC)C(=O)N(C)C(OC(C)C)C(=O)N(C)[C@@H](CC(C)(C)O)C(=O)N[C@@H](C(C)C)C(=O)N(C)[C@@H](CC(C)C)C(=O)N[C@@H](C)C(=O)N[C@H](C)C(=O)N(C)[C@@H](CC(C)C)C(=O)N(C)[C@@H](CC(C)C)C(=O)N(C)[C@@H](C(C)C)C(=O)N1C. The molecule has 13 atom stereocenters. The molecule has 25 nitrogen and oxygen atoms in total. The molecule has 1 fully saturated rings. The van der Waals surface area contributed by atoms with E-state index in [-0.39, 0.29) is 56.3 Å². The van der Waals surface area contributed by atoms with Crippen molar-refractivity contribution < 1.29 is 67.7 Å². The summed E-state index contributed by atoms with van der Waals surface area (Å²) in [6.45, 7) is 31.9. The Kier molecular flexibility index (Phi) is 32.8. The number of nitrogens with zero attached hydrogens (tertiary/aromatic N) is 7. The number of aliphatic hydroxyl groups is 2. The molecule has 1 aliphatic heterocycles. The predicted molar refractivity (Wildman–Crippen MR) is 345 cm³/mol. The third-order valence-electron chi connectivity index (χ3n) is 16.6. The average Bonchev–Trinajstić information content (AvgIpc) is 1.20. The monoisotopic (exact) mass is 1280 g/mol. The molecular formula is C65H117N11O14. The van der Waals surface area contributed by atoms with E-state index in [0.717, 1.165) is 14.7 Å². The summed E-state index contributed by atoms with van der Waals surface area (Å²) < 4.78 is 6.14. The third-order valence-corrected chi connectivity index (χ3v) is 16.6. The highest BCUT2D eigenvalue weighted by Crippen LogP contribution is 2.26. The number of hydrogen-bond donors (Lipinski definition) is 6. The van der Waals surface area contributed by atoms with Crippen LogP contribution in [0.3, 0.4) is 0 Å². The van der Waals surface area contributed by atoms with Gasteiger partial charge in [0.15, 0.2) is 0 Å². The van der Waals surface area contributed by atoms with Crippen molar-refractivity contribution >= 4 is 65.0 Å². The Balaban J connectivity index is 4.52. The fourth-order valence-corrected chi connectivity index (χ4v) is 11.1. The van der Waals surface area contributed by atoms with Crippen LogP contribution in [0.2, 0.25) is 0 Å². The van der Waals surface area contributed by atoms with Crippen LogP contribution in [0.5, 0.6) is 0 Å². The molecule has 0 aromatic heterocycles. The minimum Gasteiger partial charge on any atom is -0.390 e. The number of nitrogens with one attached hydrogen (secondary N) is 4. The number of hydrogen-bond acceptors (Lipinski definition) is 14. The van der Waals surface area contributed by atoms with E-state index in [0.29, 0.717) is 0 Å². The highest BCUT2D eigenvalue weighted by molar-refractivity contribution is 6.00. The van der Waals surface area contributed by atoms with Crippen molar-refractivity contribution in [3.63, 3.8) is 0 Å². The van der Waals surface area contributed by atoms with Crippen molar-refractivity contribution in [2.75, 3.05) is 49.3 Å². The number of allylic oxidation sites excluding steroid dienone is 2. The summed E-state index contributed by atoms with van der Waals surface area (Å²) in [5.74, 6) is -10.8. The van der Waals surface area contributed by atoms with Crippen LogP contribution in [0.4, 0.5) is 0 Å². The van der Waals surface area contributed by atoms with Gasteiger partial charge in [-0.15, -0.1) is 0 Å². The largest absolute Gasteiger partial charge is 0.390 e. The molecule has 0 bridgehead atoms. The second-order valence-corrected chi connectivity index (χ2v) is 27.7. The van der Waals surface area contributed by atoms with Crippen LogP contribution >= 0.6 is 0 Å². The van der Waals surface area contributed by atoms with Crippen LogP contribution in [-0.2, 0) is 57.5 Å². The van der Waals surface area contributed by atoms with Gasteiger partial charge in [-0.05, 0) is 116 Å². The van der Waals surface area contributed by atoms with E-state index in [1.807, 2.05) is 41.5 Å². The molecule has 11 amide bonds.